The van der Waals surface area contributed by atoms with Crippen LogP contribution in [0.3, 0.4) is 0 Å². The summed E-state index contributed by atoms with van der Waals surface area (Å²) in [7, 11) is 0. The molecule has 0 aliphatic carbocycles. The molecule has 7 nitrogen and oxygen atoms in total. The van der Waals surface area contributed by atoms with Crippen LogP contribution >= 0.6 is 0 Å². The minimum Gasteiger partial charge on any atom is -0.465 e. The second-order valence-electron chi connectivity index (χ2n) is 2.58. The van der Waals surface area contributed by atoms with Gasteiger partial charge in [0.2, 0.25) is 0 Å². The van der Waals surface area contributed by atoms with Gasteiger partial charge >= 0.3 is 6.09 Å². The Morgan fingerprint density at radius 3 is 2.85 bits per heavy atom. The molecule has 2 amide bonds. The summed E-state index contributed by atoms with van der Waals surface area (Å²) >= 11 is 0. The van der Waals surface area contributed by atoms with Gasteiger partial charge in [-0.1, -0.05) is 0 Å². The molecule has 1 heterocycles. The van der Waals surface area contributed by atoms with E-state index in [2.05, 4.69) is 0 Å². The number of hydrazine groups is 1. The van der Waals surface area contributed by atoms with Crippen molar-refractivity contribution in [2.24, 2.45) is 5.84 Å². The van der Waals surface area contributed by atoms with Crippen molar-refractivity contribution >= 4 is 12.0 Å². The summed E-state index contributed by atoms with van der Waals surface area (Å²) in [6, 6.07) is -0.837. The zero-order valence-corrected chi connectivity index (χ0v) is 6.90. The van der Waals surface area contributed by atoms with E-state index >= 15 is 0 Å². The van der Waals surface area contributed by atoms with Gasteiger partial charge in [-0.05, 0) is 0 Å². The molecule has 1 atom stereocenters. The number of ether oxygens (including phenoxy) is 1. The number of carbonyl (C=O) groups is 2. The zero-order chi connectivity index (χ0) is 9.84. The second-order valence-corrected chi connectivity index (χ2v) is 2.58. The number of hydrogen-bond acceptors (Lipinski definition) is 4. The molecule has 0 aromatic rings. The van der Waals surface area contributed by atoms with E-state index in [1.165, 1.54) is 0 Å². The molecule has 0 radical (unpaired) electrons. The number of rotatable bonds is 1. The molecule has 0 aromatic carbocycles. The van der Waals surface area contributed by atoms with Crippen molar-refractivity contribution in [2.75, 3.05) is 19.8 Å². The fourth-order valence-electron chi connectivity index (χ4n) is 1.15. The highest BCUT2D eigenvalue weighted by Gasteiger charge is 2.32. The van der Waals surface area contributed by atoms with Crippen LogP contribution < -0.4 is 11.3 Å². The van der Waals surface area contributed by atoms with Crippen LogP contribution in [0.15, 0.2) is 0 Å². The minimum atomic E-state index is -1.14. The summed E-state index contributed by atoms with van der Waals surface area (Å²) in [6.07, 6.45) is -1.14. The molecule has 1 aliphatic rings. The van der Waals surface area contributed by atoms with Crippen LogP contribution in [0.5, 0.6) is 0 Å². The van der Waals surface area contributed by atoms with E-state index in [4.69, 9.17) is 15.7 Å². The van der Waals surface area contributed by atoms with Gasteiger partial charge in [-0.3, -0.25) is 15.1 Å². The Labute approximate surface area is 74.4 Å². The van der Waals surface area contributed by atoms with E-state index in [0.29, 0.717) is 6.61 Å². The SMILES string of the molecule is NNC(=O)[C@H]1COCCN1C(=O)O. The van der Waals surface area contributed by atoms with Crippen molar-refractivity contribution in [3.8, 4) is 0 Å². The predicted octanol–water partition coefficient (Wildman–Crippen LogP) is -1.64. The van der Waals surface area contributed by atoms with E-state index in [0.717, 1.165) is 4.90 Å². The number of amides is 2. The lowest BCUT2D eigenvalue weighted by Crippen LogP contribution is -2.56. The van der Waals surface area contributed by atoms with Crippen molar-refractivity contribution in [3.05, 3.63) is 0 Å². The third-order valence-electron chi connectivity index (χ3n) is 1.82. The largest absolute Gasteiger partial charge is 0.465 e. The number of nitrogens with zero attached hydrogens (tertiary/aromatic N) is 1. The van der Waals surface area contributed by atoms with Crippen LogP contribution in [0.25, 0.3) is 0 Å². The van der Waals surface area contributed by atoms with Gasteiger partial charge in [0, 0.05) is 6.54 Å². The Kier molecular flexibility index (Phi) is 3.04. The van der Waals surface area contributed by atoms with Gasteiger partial charge < -0.3 is 9.84 Å². The van der Waals surface area contributed by atoms with Gasteiger partial charge in [-0.2, -0.15) is 0 Å². The molecule has 0 saturated carbocycles. The average Bonchev–Trinajstić information content (AvgIpc) is 2.16. The molecule has 0 bridgehead atoms. The summed E-state index contributed by atoms with van der Waals surface area (Å²) in [4.78, 5) is 22.7. The Morgan fingerprint density at radius 2 is 2.31 bits per heavy atom. The molecule has 1 rings (SSSR count). The van der Waals surface area contributed by atoms with Crippen LogP contribution in [0.1, 0.15) is 0 Å². The van der Waals surface area contributed by atoms with Crippen LogP contribution in [0.2, 0.25) is 0 Å². The van der Waals surface area contributed by atoms with Gasteiger partial charge in [0.15, 0.2) is 0 Å². The highest BCUT2D eigenvalue weighted by atomic mass is 16.5. The number of nitrogens with one attached hydrogen (secondary N) is 1. The van der Waals surface area contributed by atoms with Crippen LogP contribution in [0, 0.1) is 0 Å². The molecule has 7 heteroatoms. The molecular weight excluding hydrogens is 178 g/mol. The summed E-state index contributed by atoms with van der Waals surface area (Å²) in [5.74, 6) is 4.34. The normalized spacial score (nSPS) is 22.5. The maximum Gasteiger partial charge on any atom is 0.408 e. The second kappa shape index (κ2) is 4.06. The number of hydrogen-bond donors (Lipinski definition) is 3. The first-order valence-corrected chi connectivity index (χ1v) is 3.74. The van der Waals surface area contributed by atoms with Gasteiger partial charge in [0.05, 0.1) is 13.2 Å². The van der Waals surface area contributed by atoms with Crippen molar-refractivity contribution in [2.45, 2.75) is 6.04 Å². The number of carboxylic acid groups (broad SMARTS) is 1. The fourth-order valence-corrected chi connectivity index (χ4v) is 1.15. The lowest BCUT2D eigenvalue weighted by molar-refractivity contribution is -0.131. The average molecular weight is 189 g/mol. The van der Waals surface area contributed by atoms with Crippen LogP contribution in [0.4, 0.5) is 4.79 Å². The molecular formula is C6H11N3O4. The number of carbonyl (C=O) groups excluding carboxylic acids is 1. The summed E-state index contributed by atoms with van der Waals surface area (Å²) in [5, 5.41) is 8.70. The van der Waals surface area contributed by atoms with Gasteiger partial charge in [0.1, 0.15) is 6.04 Å². The maximum atomic E-state index is 11.1. The Hall–Kier alpha value is -1.34. The summed E-state index contributed by atoms with van der Waals surface area (Å²) in [6.45, 7) is 0.545. The van der Waals surface area contributed by atoms with Crippen LogP contribution in [-0.2, 0) is 9.53 Å². The highest BCUT2D eigenvalue weighted by molar-refractivity contribution is 5.85. The molecule has 1 fully saturated rings. The Bertz CT molecular complexity index is 220. The predicted molar refractivity (Wildman–Crippen MR) is 41.7 cm³/mol. The minimum absolute atomic E-state index is 0.0509. The van der Waals surface area contributed by atoms with E-state index in [-0.39, 0.29) is 13.2 Å². The summed E-state index contributed by atoms with van der Waals surface area (Å²) in [5.41, 5.74) is 1.90. The third kappa shape index (κ3) is 2.07. The Morgan fingerprint density at radius 1 is 1.62 bits per heavy atom. The smallest absolute Gasteiger partial charge is 0.408 e. The maximum absolute atomic E-state index is 11.1. The first-order valence-electron chi connectivity index (χ1n) is 3.74. The van der Waals surface area contributed by atoms with Crippen molar-refractivity contribution in [3.63, 3.8) is 0 Å². The van der Waals surface area contributed by atoms with Crippen molar-refractivity contribution in [1.29, 1.82) is 0 Å². The zero-order valence-electron chi connectivity index (χ0n) is 6.90. The number of nitrogens with two attached hydrogens (primary N) is 1. The first-order chi connectivity index (χ1) is 6.16. The molecule has 74 valence electrons. The van der Waals surface area contributed by atoms with E-state index in [9.17, 15) is 9.59 Å². The van der Waals surface area contributed by atoms with Gasteiger partial charge in [0.25, 0.3) is 5.91 Å². The lowest BCUT2D eigenvalue weighted by Gasteiger charge is -2.31. The standard InChI is InChI=1S/C6H11N3O4/c7-8-5(10)4-3-13-2-1-9(4)6(11)12/h4H,1-3,7H2,(H,8,10)(H,11,12)/t4-/m1/s1. The number of morpholine rings is 1. The molecule has 0 spiro atoms. The van der Waals surface area contributed by atoms with Gasteiger partial charge in [-0.25, -0.2) is 10.6 Å². The van der Waals surface area contributed by atoms with Crippen molar-refractivity contribution < 1.29 is 19.4 Å². The molecule has 1 aliphatic heterocycles. The molecule has 4 N–H and O–H groups in total. The van der Waals surface area contributed by atoms with E-state index in [1.807, 2.05) is 5.43 Å². The first kappa shape index (κ1) is 9.75. The quantitative estimate of drug-likeness (QED) is 0.260. The molecule has 1 saturated heterocycles. The molecule has 0 aromatic heterocycles. The van der Waals surface area contributed by atoms with Crippen molar-refractivity contribution in [1.82, 2.24) is 10.3 Å². The van der Waals surface area contributed by atoms with Gasteiger partial charge in [-0.15, -0.1) is 0 Å². The Balaban J connectivity index is 2.67. The van der Waals surface area contributed by atoms with E-state index in [1.54, 1.807) is 0 Å². The van der Waals surface area contributed by atoms with E-state index < -0.39 is 18.0 Å². The topological polar surface area (TPSA) is 105 Å². The van der Waals surface area contributed by atoms with Crippen LogP contribution in [-0.4, -0.2) is 47.8 Å². The molecule has 13 heavy (non-hydrogen) atoms. The highest BCUT2D eigenvalue weighted by Crippen LogP contribution is 2.06. The molecule has 0 unspecified atom stereocenters. The lowest BCUT2D eigenvalue weighted by atomic mass is 10.2. The third-order valence-corrected chi connectivity index (χ3v) is 1.82. The fraction of sp³-hybridized carbons (Fsp3) is 0.667. The summed E-state index contributed by atoms with van der Waals surface area (Å²) < 4.78 is 4.96. The monoisotopic (exact) mass is 189 g/mol.